The average molecular weight is 333 g/mol. The van der Waals surface area contributed by atoms with Crippen LogP contribution in [0.15, 0.2) is 54.2 Å². The van der Waals surface area contributed by atoms with Gasteiger partial charge in [0.1, 0.15) is 23.9 Å². The van der Waals surface area contributed by atoms with E-state index >= 15 is 0 Å². The highest BCUT2D eigenvalue weighted by Crippen LogP contribution is 2.11. The van der Waals surface area contributed by atoms with Gasteiger partial charge in [-0.15, -0.1) is 0 Å². The van der Waals surface area contributed by atoms with Crippen molar-refractivity contribution in [2.45, 2.75) is 6.61 Å². The van der Waals surface area contributed by atoms with Crippen molar-refractivity contribution < 1.29 is 28.2 Å². The highest BCUT2D eigenvalue weighted by atomic mass is 19.1. The van der Waals surface area contributed by atoms with Crippen LogP contribution in [0.3, 0.4) is 0 Å². The molecule has 5 nitrogen and oxygen atoms in total. The summed E-state index contributed by atoms with van der Waals surface area (Å²) in [6, 6.07) is 11.3. The molecule has 2 N–H and O–H groups in total. The van der Waals surface area contributed by atoms with Gasteiger partial charge in [0, 0.05) is 6.07 Å². The van der Waals surface area contributed by atoms with Gasteiger partial charge in [0.2, 0.25) is 0 Å². The summed E-state index contributed by atoms with van der Waals surface area (Å²) < 4.78 is 31.1. The van der Waals surface area contributed by atoms with Crippen LogP contribution in [0.5, 0.6) is 0 Å². The van der Waals surface area contributed by atoms with E-state index in [2.05, 4.69) is 0 Å². The molecule has 0 saturated carbocycles. The van der Waals surface area contributed by atoms with Crippen LogP contribution in [-0.4, -0.2) is 17.2 Å². The van der Waals surface area contributed by atoms with E-state index in [1.54, 1.807) is 30.3 Å². The minimum absolute atomic E-state index is 0.0475. The van der Waals surface area contributed by atoms with Gasteiger partial charge in [-0.1, -0.05) is 30.3 Å². The molecule has 0 bridgehead atoms. The molecule has 0 aliphatic rings. The Bertz CT molecular complexity index is 755. The fraction of sp³-hybridized carbons (Fsp3) is 0.0588. The first-order valence-electron chi connectivity index (χ1n) is 6.83. The summed E-state index contributed by atoms with van der Waals surface area (Å²) in [5, 5.41) is 11.1. The van der Waals surface area contributed by atoms with Crippen LogP contribution in [0.1, 0.15) is 11.1 Å². The Kier molecular flexibility index (Phi) is 5.62. The number of rotatable bonds is 5. The lowest BCUT2D eigenvalue weighted by molar-refractivity contribution is -0.132. The SMILES string of the molecule is O=C(NC(=Cc1cc(F)cc(F)c1)C(=O)O)OCc1ccccc1. The standard InChI is InChI=1S/C17H13F2NO4/c18-13-6-12(7-14(19)9-13)8-15(16(21)22)20-17(23)24-10-11-4-2-1-3-5-11/h1-9H,10H2,(H,20,23)(H,21,22). The van der Waals surface area contributed by atoms with Crippen LogP contribution in [0.2, 0.25) is 0 Å². The molecule has 1 amide bonds. The number of hydrogen-bond donors (Lipinski definition) is 2. The van der Waals surface area contributed by atoms with Crippen molar-refractivity contribution in [3.8, 4) is 0 Å². The van der Waals surface area contributed by atoms with Crippen molar-refractivity contribution in [3.63, 3.8) is 0 Å². The number of carbonyl (C=O) groups is 2. The third-order valence-corrected chi connectivity index (χ3v) is 2.88. The van der Waals surface area contributed by atoms with Gasteiger partial charge in [-0.2, -0.15) is 0 Å². The summed E-state index contributed by atoms with van der Waals surface area (Å²) >= 11 is 0. The molecule has 7 heteroatoms. The van der Waals surface area contributed by atoms with Gasteiger partial charge in [-0.25, -0.2) is 18.4 Å². The maximum absolute atomic E-state index is 13.1. The molecule has 0 atom stereocenters. The zero-order valence-electron chi connectivity index (χ0n) is 12.3. The van der Waals surface area contributed by atoms with Crippen LogP contribution in [-0.2, 0) is 16.1 Å². The van der Waals surface area contributed by atoms with Gasteiger partial charge in [-0.3, -0.25) is 5.32 Å². The van der Waals surface area contributed by atoms with E-state index in [4.69, 9.17) is 9.84 Å². The van der Waals surface area contributed by atoms with Crippen molar-refractivity contribution in [1.29, 1.82) is 0 Å². The molecule has 124 valence electrons. The number of nitrogens with one attached hydrogen (secondary N) is 1. The summed E-state index contributed by atoms with van der Waals surface area (Å²) in [4.78, 5) is 22.8. The van der Waals surface area contributed by atoms with Gasteiger partial charge in [0.15, 0.2) is 0 Å². The monoisotopic (exact) mass is 333 g/mol. The zero-order chi connectivity index (χ0) is 17.5. The topological polar surface area (TPSA) is 75.6 Å². The Balaban J connectivity index is 2.06. The predicted molar refractivity (Wildman–Crippen MR) is 81.7 cm³/mol. The predicted octanol–water partition coefficient (Wildman–Crippen LogP) is 3.32. The first kappa shape index (κ1) is 17.1. The van der Waals surface area contributed by atoms with Gasteiger partial charge >= 0.3 is 12.1 Å². The molecule has 0 aromatic heterocycles. The molecule has 0 fully saturated rings. The fourth-order valence-corrected chi connectivity index (χ4v) is 1.85. The molecule has 0 aliphatic carbocycles. The second-order valence-corrected chi connectivity index (χ2v) is 4.75. The highest BCUT2D eigenvalue weighted by molar-refractivity contribution is 5.95. The van der Waals surface area contributed by atoms with Gasteiger partial charge in [-0.05, 0) is 29.3 Å². The van der Waals surface area contributed by atoms with Crippen molar-refractivity contribution in [2.24, 2.45) is 0 Å². The summed E-state index contributed by atoms with van der Waals surface area (Å²) in [6.07, 6.45) is -0.0671. The van der Waals surface area contributed by atoms with E-state index < -0.39 is 29.4 Å². The third kappa shape index (κ3) is 5.20. The number of carboxylic acids is 1. The second-order valence-electron chi connectivity index (χ2n) is 4.75. The maximum atomic E-state index is 13.1. The average Bonchev–Trinajstić information content (AvgIpc) is 2.52. The molecule has 2 aromatic rings. The molecule has 24 heavy (non-hydrogen) atoms. The summed E-state index contributed by atoms with van der Waals surface area (Å²) in [6.45, 7) is -0.0475. The van der Waals surface area contributed by atoms with Crippen LogP contribution in [0.25, 0.3) is 6.08 Å². The lowest BCUT2D eigenvalue weighted by Crippen LogP contribution is -2.27. The third-order valence-electron chi connectivity index (χ3n) is 2.88. The van der Waals surface area contributed by atoms with Crippen molar-refractivity contribution in [2.75, 3.05) is 0 Å². The van der Waals surface area contributed by atoms with Gasteiger partial charge < -0.3 is 9.84 Å². The lowest BCUT2D eigenvalue weighted by Gasteiger charge is -2.08. The number of halogens is 2. The number of alkyl carbamates (subject to hydrolysis) is 1. The van der Waals surface area contributed by atoms with E-state index in [0.29, 0.717) is 6.07 Å². The number of ether oxygens (including phenoxy) is 1. The molecule has 0 radical (unpaired) electrons. The lowest BCUT2D eigenvalue weighted by atomic mass is 10.2. The first-order chi connectivity index (χ1) is 11.4. The molecule has 2 rings (SSSR count). The molecule has 2 aromatic carbocycles. The zero-order valence-corrected chi connectivity index (χ0v) is 12.3. The Morgan fingerprint density at radius 3 is 2.29 bits per heavy atom. The number of benzene rings is 2. The van der Waals surface area contributed by atoms with E-state index in [1.807, 2.05) is 5.32 Å². The molecular formula is C17H13F2NO4. The number of carbonyl (C=O) groups excluding carboxylic acids is 1. The Labute approximate surface area is 136 Å². The number of carboxylic acid groups (broad SMARTS) is 1. The minimum Gasteiger partial charge on any atom is -0.477 e. The molecule has 0 unspecified atom stereocenters. The van der Waals surface area contributed by atoms with Crippen LogP contribution in [0.4, 0.5) is 13.6 Å². The van der Waals surface area contributed by atoms with E-state index in [9.17, 15) is 18.4 Å². The molecule has 0 aliphatic heterocycles. The van der Waals surface area contributed by atoms with Gasteiger partial charge in [0.25, 0.3) is 0 Å². The maximum Gasteiger partial charge on any atom is 0.412 e. The molecule has 0 spiro atoms. The highest BCUT2D eigenvalue weighted by Gasteiger charge is 2.13. The molecular weight excluding hydrogens is 320 g/mol. The Hall–Kier alpha value is -3.22. The number of hydrogen-bond acceptors (Lipinski definition) is 3. The van der Waals surface area contributed by atoms with E-state index in [-0.39, 0.29) is 12.2 Å². The van der Waals surface area contributed by atoms with Crippen LogP contribution in [0, 0.1) is 11.6 Å². The van der Waals surface area contributed by atoms with Crippen molar-refractivity contribution in [1.82, 2.24) is 5.32 Å². The minimum atomic E-state index is -1.48. The van der Waals surface area contributed by atoms with E-state index in [1.165, 1.54) is 0 Å². The summed E-state index contributed by atoms with van der Waals surface area (Å²) in [5.74, 6) is -3.20. The largest absolute Gasteiger partial charge is 0.477 e. The Morgan fingerprint density at radius 2 is 1.71 bits per heavy atom. The van der Waals surface area contributed by atoms with Crippen molar-refractivity contribution >= 4 is 18.1 Å². The van der Waals surface area contributed by atoms with Crippen LogP contribution < -0.4 is 5.32 Å². The van der Waals surface area contributed by atoms with Gasteiger partial charge in [0.05, 0.1) is 0 Å². The summed E-state index contributed by atoms with van der Waals surface area (Å²) in [5.41, 5.74) is 0.104. The summed E-state index contributed by atoms with van der Waals surface area (Å²) in [7, 11) is 0. The van der Waals surface area contributed by atoms with E-state index in [0.717, 1.165) is 23.8 Å². The number of amides is 1. The first-order valence-corrected chi connectivity index (χ1v) is 6.83. The number of aliphatic carboxylic acids is 1. The Morgan fingerprint density at radius 1 is 1.08 bits per heavy atom. The quantitative estimate of drug-likeness (QED) is 0.823. The fourth-order valence-electron chi connectivity index (χ4n) is 1.85. The van der Waals surface area contributed by atoms with Crippen LogP contribution >= 0.6 is 0 Å². The second kappa shape index (κ2) is 7.87. The van der Waals surface area contributed by atoms with Crippen molar-refractivity contribution in [3.05, 3.63) is 77.0 Å². The normalized spacial score (nSPS) is 11.0. The molecule has 0 saturated heterocycles. The smallest absolute Gasteiger partial charge is 0.412 e. The molecule has 0 heterocycles.